The fourth-order valence-corrected chi connectivity index (χ4v) is 4.82. The van der Waals surface area contributed by atoms with Crippen LogP contribution in [0.2, 0.25) is 10.0 Å². The third-order valence-electron chi connectivity index (χ3n) is 5.49. The van der Waals surface area contributed by atoms with Crippen LogP contribution >= 0.6 is 23.2 Å². The van der Waals surface area contributed by atoms with E-state index in [1.165, 1.54) is 0 Å². The molecule has 2 aromatic rings. The minimum absolute atomic E-state index is 0.00228. The standard InChI is InChI=1S/C25H31Cl2N3O5S/c1-17(2)15-20(19(25(32)29-33)12-7-11-18-9-5-4-6-10-18)24(31)28-30(36(3,34)35)16-21-22(26)13-8-14-23(21)27/h4-11,13-14,17,19-20,33H,12,15-16H2,1-3H3,(H,28,31)(H,29,32)/b11-7+/t19-,20+/m0/s1. The van der Waals surface area contributed by atoms with E-state index in [1.807, 2.05) is 50.3 Å². The molecule has 0 radical (unpaired) electrons. The Hall–Kier alpha value is -2.43. The third kappa shape index (κ3) is 8.90. The van der Waals surface area contributed by atoms with Gasteiger partial charge in [0.15, 0.2) is 0 Å². The first-order valence-electron chi connectivity index (χ1n) is 11.3. The normalized spacial score (nSPS) is 13.7. The van der Waals surface area contributed by atoms with Gasteiger partial charge in [0.25, 0.3) is 0 Å². The van der Waals surface area contributed by atoms with Crippen molar-refractivity contribution in [3.05, 3.63) is 75.8 Å². The van der Waals surface area contributed by atoms with Crippen LogP contribution in [-0.2, 0) is 26.2 Å². The predicted molar refractivity (Wildman–Crippen MR) is 141 cm³/mol. The first-order chi connectivity index (χ1) is 16.9. The highest BCUT2D eigenvalue weighted by atomic mass is 35.5. The number of carbonyl (C=O) groups excluding carboxylic acids is 2. The van der Waals surface area contributed by atoms with E-state index in [0.717, 1.165) is 16.2 Å². The molecule has 8 nitrogen and oxygen atoms in total. The Morgan fingerprint density at radius 2 is 1.61 bits per heavy atom. The lowest BCUT2D eigenvalue weighted by Gasteiger charge is -2.29. The number of halogens is 2. The fourth-order valence-electron chi connectivity index (χ4n) is 3.69. The molecule has 3 N–H and O–H groups in total. The fraction of sp³-hybridized carbons (Fsp3) is 0.360. The number of amides is 2. The second kappa shape index (κ2) is 13.8. The van der Waals surface area contributed by atoms with Gasteiger partial charge in [0, 0.05) is 15.6 Å². The number of sulfonamides is 1. The van der Waals surface area contributed by atoms with Crippen molar-refractivity contribution < 1.29 is 23.2 Å². The molecule has 0 saturated carbocycles. The lowest BCUT2D eigenvalue weighted by molar-refractivity contribution is -0.142. The lowest BCUT2D eigenvalue weighted by Crippen LogP contribution is -2.50. The average molecular weight is 557 g/mol. The van der Waals surface area contributed by atoms with Crippen LogP contribution in [0.1, 0.15) is 37.8 Å². The summed E-state index contributed by atoms with van der Waals surface area (Å²) in [6.45, 7) is 3.46. The van der Waals surface area contributed by atoms with E-state index in [4.69, 9.17) is 23.2 Å². The molecule has 0 unspecified atom stereocenters. The number of hydroxylamine groups is 1. The van der Waals surface area contributed by atoms with Gasteiger partial charge in [-0.15, -0.1) is 4.41 Å². The van der Waals surface area contributed by atoms with E-state index < -0.39 is 33.7 Å². The number of hydrogen-bond acceptors (Lipinski definition) is 5. The molecule has 0 fully saturated rings. The minimum Gasteiger partial charge on any atom is -0.289 e. The average Bonchev–Trinajstić information content (AvgIpc) is 2.81. The number of nitrogens with one attached hydrogen (secondary N) is 2. The molecule has 2 atom stereocenters. The van der Waals surface area contributed by atoms with Crippen LogP contribution in [-0.4, -0.2) is 36.1 Å². The molecule has 0 aliphatic carbocycles. The van der Waals surface area contributed by atoms with E-state index in [-0.39, 0.29) is 35.3 Å². The molecule has 0 aliphatic heterocycles. The highest BCUT2D eigenvalue weighted by Gasteiger charge is 2.35. The van der Waals surface area contributed by atoms with Crippen LogP contribution in [0.3, 0.4) is 0 Å². The number of carbonyl (C=O) groups is 2. The van der Waals surface area contributed by atoms with Crippen LogP contribution in [0.15, 0.2) is 54.6 Å². The molecule has 36 heavy (non-hydrogen) atoms. The van der Waals surface area contributed by atoms with Crippen molar-refractivity contribution in [3.63, 3.8) is 0 Å². The van der Waals surface area contributed by atoms with Crippen molar-refractivity contribution in [1.82, 2.24) is 15.3 Å². The van der Waals surface area contributed by atoms with Gasteiger partial charge in [-0.2, -0.15) is 0 Å². The molecule has 0 bridgehead atoms. The molecular formula is C25H31Cl2N3O5S. The Labute approximate surface area is 222 Å². The molecule has 0 aromatic heterocycles. The summed E-state index contributed by atoms with van der Waals surface area (Å²) in [7, 11) is -3.94. The number of hydrogen-bond donors (Lipinski definition) is 3. The van der Waals surface area contributed by atoms with Crippen molar-refractivity contribution in [2.75, 3.05) is 6.26 Å². The van der Waals surface area contributed by atoms with Crippen LogP contribution < -0.4 is 10.9 Å². The zero-order chi connectivity index (χ0) is 26.9. The van der Waals surface area contributed by atoms with Crippen molar-refractivity contribution >= 4 is 51.1 Å². The molecule has 2 aromatic carbocycles. The van der Waals surface area contributed by atoms with Crippen molar-refractivity contribution in [2.24, 2.45) is 17.8 Å². The Balaban J connectivity index is 2.34. The van der Waals surface area contributed by atoms with E-state index in [0.29, 0.717) is 5.56 Å². The maximum absolute atomic E-state index is 13.4. The molecule has 2 rings (SSSR count). The maximum Gasteiger partial charge on any atom is 0.247 e. The summed E-state index contributed by atoms with van der Waals surface area (Å²) < 4.78 is 25.8. The Morgan fingerprint density at radius 1 is 1.00 bits per heavy atom. The van der Waals surface area contributed by atoms with E-state index >= 15 is 0 Å². The predicted octanol–water partition coefficient (Wildman–Crippen LogP) is 4.67. The Morgan fingerprint density at radius 3 is 2.14 bits per heavy atom. The second-order valence-electron chi connectivity index (χ2n) is 8.81. The molecule has 11 heteroatoms. The van der Waals surface area contributed by atoms with E-state index in [9.17, 15) is 23.2 Å². The SMILES string of the molecule is CC(C)C[C@@H](C(=O)NN(Cc1c(Cl)cccc1Cl)S(C)(=O)=O)[C@H](C/C=C/c1ccccc1)C(=O)NO. The Kier molecular flexibility index (Phi) is 11.4. The lowest BCUT2D eigenvalue weighted by atomic mass is 9.82. The minimum atomic E-state index is -3.94. The smallest absolute Gasteiger partial charge is 0.247 e. The maximum atomic E-state index is 13.4. The number of allylic oxidation sites excluding steroid dienone is 1. The topological polar surface area (TPSA) is 116 Å². The molecule has 0 spiro atoms. The van der Waals surface area contributed by atoms with E-state index in [1.54, 1.807) is 29.8 Å². The highest BCUT2D eigenvalue weighted by molar-refractivity contribution is 7.88. The van der Waals surface area contributed by atoms with Gasteiger partial charge < -0.3 is 0 Å². The van der Waals surface area contributed by atoms with Gasteiger partial charge in [-0.25, -0.2) is 13.9 Å². The van der Waals surface area contributed by atoms with Gasteiger partial charge in [0.1, 0.15) is 0 Å². The largest absolute Gasteiger partial charge is 0.289 e. The quantitative estimate of drug-likeness (QED) is 0.260. The summed E-state index contributed by atoms with van der Waals surface area (Å²) >= 11 is 12.4. The second-order valence-corrected chi connectivity index (χ2v) is 11.5. The van der Waals surface area contributed by atoms with Gasteiger partial charge in [-0.3, -0.25) is 20.2 Å². The summed E-state index contributed by atoms with van der Waals surface area (Å²) in [5, 5.41) is 9.85. The van der Waals surface area contributed by atoms with Crippen molar-refractivity contribution in [1.29, 1.82) is 0 Å². The van der Waals surface area contributed by atoms with Gasteiger partial charge in [0.2, 0.25) is 21.8 Å². The Bertz CT molecular complexity index is 1150. The monoisotopic (exact) mass is 555 g/mol. The van der Waals surface area contributed by atoms with Crippen LogP contribution in [0.25, 0.3) is 6.08 Å². The van der Waals surface area contributed by atoms with E-state index in [2.05, 4.69) is 5.43 Å². The first kappa shape index (κ1) is 29.8. The third-order valence-corrected chi connectivity index (χ3v) is 7.22. The van der Waals surface area contributed by atoms with Gasteiger partial charge >= 0.3 is 0 Å². The zero-order valence-electron chi connectivity index (χ0n) is 20.3. The highest BCUT2D eigenvalue weighted by Crippen LogP contribution is 2.28. The van der Waals surface area contributed by atoms with Crippen molar-refractivity contribution in [3.8, 4) is 0 Å². The summed E-state index contributed by atoms with van der Waals surface area (Å²) in [6.07, 6.45) is 4.91. The molecule has 0 aliphatic rings. The summed E-state index contributed by atoms with van der Waals surface area (Å²) in [4.78, 5) is 26.0. The van der Waals surface area contributed by atoms with Crippen LogP contribution in [0.5, 0.6) is 0 Å². The molecule has 0 heterocycles. The molecule has 2 amide bonds. The number of nitrogens with zero attached hydrogens (tertiary/aromatic N) is 1. The zero-order valence-corrected chi connectivity index (χ0v) is 22.6. The molecule has 0 saturated heterocycles. The van der Waals surface area contributed by atoms with Crippen LogP contribution in [0.4, 0.5) is 0 Å². The van der Waals surface area contributed by atoms with Crippen LogP contribution in [0, 0.1) is 17.8 Å². The summed E-state index contributed by atoms with van der Waals surface area (Å²) in [6, 6.07) is 14.2. The number of rotatable bonds is 12. The summed E-state index contributed by atoms with van der Waals surface area (Å²) in [5.41, 5.74) is 5.31. The summed E-state index contributed by atoms with van der Waals surface area (Å²) in [5.74, 6) is -3.32. The van der Waals surface area contributed by atoms with Crippen molar-refractivity contribution in [2.45, 2.75) is 33.2 Å². The first-order valence-corrected chi connectivity index (χ1v) is 13.9. The van der Waals surface area contributed by atoms with Gasteiger partial charge in [-0.1, -0.05) is 85.6 Å². The molecular weight excluding hydrogens is 525 g/mol. The number of hydrazine groups is 1. The molecule has 196 valence electrons. The van der Waals surface area contributed by atoms with Gasteiger partial charge in [0.05, 0.1) is 24.6 Å². The van der Waals surface area contributed by atoms with Gasteiger partial charge in [-0.05, 0) is 36.5 Å². The number of benzene rings is 2.